The summed E-state index contributed by atoms with van der Waals surface area (Å²) < 4.78 is 4.70. The third kappa shape index (κ3) is 6.81. The lowest BCUT2D eigenvalue weighted by Gasteiger charge is -2.18. The molecule has 2 amide bonds. The van der Waals surface area contributed by atoms with Crippen LogP contribution in [0.2, 0.25) is 0 Å². The van der Waals surface area contributed by atoms with Gasteiger partial charge in [-0.25, -0.2) is 4.79 Å². The molecule has 6 heteroatoms. The molecule has 6 nitrogen and oxygen atoms in total. The topological polar surface area (TPSA) is 84.5 Å². The van der Waals surface area contributed by atoms with Crippen LogP contribution in [0.25, 0.3) is 0 Å². The molecule has 132 valence electrons. The van der Waals surface area contributed by atoms with Crippen molar-refractivity contribution in [2.75, 3.05) is 13.7 Å². The van der Waals surface area contributed by atoms with E-state index in [9.17, 15) is 14.4 Å². The molecular weight excluding hydrogens is 308 g/mol. The van der Waals surface area contributed by atoms with Gasteiger partial charge in [0.25, 0.3) is 5.91 Å². The number of aryl methyl sites for hydroxylation is 1. The molecule has 0 aromatic heterocycles. The number of esters is 1. The minimum Gasteiger partial charge on any atom is -0.467 e. The number of benzene rings is 1. The van der Waals surface area contributed by atoms with Crippen molar-refractivity contribution in [3.8, 4) is 0 Å². The molecule has 1 aromatic carbocycles. The second kappa shape index (κ2) is 9.70. The summed E-state index contributed by atoms with van der Waals surface area (Å²) in [5.41, 5.74) is 1.62. The molecular formula is C18H26N2O4. The molecule has 24 heavy (non-hydrogen) atoms. The molecule has 0 fully saturated rings. The van der Waals surface area contributed by atoms with Crippen LogP contribution in [0.5, 0.6) is 0 Å². The van der Waals surface area contributed by atoms with Crippen LogP contribution in [0.3, 0.4) is 0 Å². The van der Waals surface area contributed by atoms with Gasteiger partial charge in [0.2, 0.25) is 5.91 Å². The third-order valence-corrected chi connectivity index (χ3v) is 3.48. The maximum atomic E-state index is 11.9. The standard InChI is InChI=1S/C18H26N2O4/c1-12(2)11-15(18(23)24-4)20-16(21)9-10-19-17(22)14-7-5-13(3)6-8-14/h5-8,12,15H,9-11H2,1-4H3,(H,19,22)(H,20,21). The molecule has 0 aliphatic rings. The number of hydrogen-bond acceptors (Lipinski definition) is 4. The first-order valence-corrected chi connectivity index (χ1v) is 8.05. The molecule has 0 radical (unpaired) electrons. The highest BCUT2D eigenvalue weighted by atomic mass is 16.5. The lowest BCUT2D eigenvalue weighted by molar-refractivity contribution is -0.145. The molecule has 0 saturated carbocycles. The van der Waals surface area contributed by atoms with Crippen LogP contribution in [-0.4, -0.2) is 37.5 Å². The van der Waals surface area contributed by atoms with E-state index in [1.165, 1.54) is 7.11 Å². The predicted molar refractivity (Wildman–Crippen MR) is 91.5 cm³/mol. The second-order valence-electron chi connectivity index (χ2n) is 6.14. The normalized spacial score (nSPS) is 11.7. The van der Waals surface area contributed by atoms with E-state index in [-0.39, 0.29) is 30.7 Å². The average molecular weight is 334 g/mol. The Balaban J connectivity index is 2.42. The highest BCUT2D eigenvalue weighted by Crippen LogP contribution is 2.06. The van der Waals surface area contributed by atoms with E-state index in [1.54, 1.807) is 12.1 Å². The Bertz CT molecular complexity index is 567. The Kier molecular flexibility index (Phi) is 7.95. The van der Waals surface area contributed by atoms with E-state index in [0.29, 0.717) is 12.0 Å². The van der Waals surface area contributed by atoms with E-state index in [2.05, 4.69) is 10.6 Å². The largest absolute Gasteiger partial charge is 0.467 e. The molecule has 1 unspecified atom stereocenters. The van der Waals surface area contributed by atoms with Crippen molar-refractivity contribution in [3.63, 3.8) is 0 Å². The number of amides is 2. The maximum Gasteiger partial charge on any atom is 0.328 e. The number of carbonyl (C=O) groups excluding carboxylic acids is 3. The first kappa shape index (κ1) is 19.7. The van der Waals surface area contributed by atoms with Gasteiger partial charge in [-0.2, -0.15) is 0 Å². The van der Waals surface area contributed by atoms with Gasteiger partial charge in [0.05, 0.1) is 7.11 Å². The lowest BCUT2D eigenvalue weighted by atomic mass is 10.0. The quantitative estimate of drug-likeness (QED) is 0.710. The van der Waals surface area contributed by atoms with Crippen LogP contribution in [0, 0.1) is 12.8 Å². The highest BCUT2D eigenvalue weighted by molar-refractivity contribution is 5.94. The van der Waals surface area contributed by atoms with Crippen LogP contribution in [-0.2, 0) is 14.3 Å². The SMILES string of the molecule is COC(=O)C(CC(C)C)NC(=O)CCNC(=O)c1ccc(C)cc1. The number of nitrogens with one attached hydrogen (secondary N) is 2. The summed E-state index contributed by atoms with van der Waals surface area (Å²) in [6.07, 6.45) is 0.608. The fraction of sp³-hybridized carbons (Fsp3) is 0.500. The van der Waals surface area contributed by atoms with E-state index in [4.69, 9.17) is 4.74 Å². The number of carbonyl (C=O) groups is 3. The third-order valence-electron chi connectivity index (χ3n) is 3.48. The summed E-state index contributed by atoms with van der Waals surface area (Å²) in [6, 6.07) is 6.53. The van der Waals surface area contributed by atoms with E-state index < -0.39 is 12.0 Å². The molecule has 0 aliphatic carbocycles. The molecule has 0 heterocycles. The number of methoxy groups -OCH3 is 1. The summed E-state index contributed by atoms with van der Waals surface area (Å²) >= 11 is 0. The van der Waals surface area contributed by atoms with Gasteiger partial charge < -0.3 is 15.4 Å². The summed E-state index contributed by atoms with van der Waals surface area (Å²) in [5, 5.41) is 5.35. The summed E-state index contributed by atoms with van der Waals surface area (Å²) in [5.74, 6) is -0.735. The highest BCUT2D eigenvalue weighted by Gasteiger charge is 2.22. The van der Waals surface area contributed by atoms with Crippen molar-refractivity contribution in [3.05, 3.63) is 35.4 Å². The van der Waals surface area contributed by atoms with Crippen LogP contribution in [0.1, 0.15) is 42.6 Å². The van der Waals surface area contributed by atoms with Gasteiger partial charge in [-0.15, -0.1) is 0 Å². The van der Waals surface area contributed by atoms with Gasteiger partial charge in [0.1, 0.15) is 6.04 Å². The molecule has 1 atom stereocenters. The molecule has 0 spiro atoms. The Labute approximate surface area is 143 Å². The molecule has 1 aromatic rings. The summed E-state index contributed by atoms with van der Waals surface area (Å²) in [4.78, 5) is 35.6. The Morgan fingerprint density at radius 3 is 2.29 bits per heavy atom. The van der Waals surface area contributed by atoms with Crippen molar-refractivity contribution in [1.82, 2.24) is 10.6 Å². The zero-order chi connectivity index (χ0) is 18.1. The molecule has 1 rings (SSSR count). The first-order chi connectivity index (χ1) is 11.3. The number of rotatable bonds is 8. The van der Waals surface area contributed by atoms with E-state index >= 15 is 0 Å². The van der Waals surface area contributed by atoms with Gasteiger partial charge >= 0.3 is 5.97 Å². The Morgan fingerprint density at radius 1 is 1.12 bits per heavy atom. The van der Waals surface area contributed by atoms with Crippen LogP contribution < -0.4 is 10.6 Å². The molecule has 2 N–H and O–H groups in total. The lowest BCUT2D eigenvalue weighted by Crippen LogP contribution is -2.43. The van der Waals surface area contributed by atoms with E-state index in [0.717, 1.165) is 5.56 Å². The average Bonchev–Trinajstić information content (AvgIpc) is 2.53. The number of hydrogen-bond donors (Lipinski definition) is 2. The van der Waals surface area contributed by atoms with Crippen molar-refractivity contribution in [2.45, 2.75) is 39.7 Å². The molecule has 0 aliphatic heterocycles. The van der Waals surface area contributed by atoms with Crippen molar-refractivity contribution in [1.29, 1.82) is 0 Å². The minimum absolute atomic E-state index is 0.100. The zero-order valence-corrected chi connectivity index (χ0v) is 14.7. The zero-order valence-electron chi connectivity index (χ0n) is 14.7. The molecule has 0 saturated heterocycles. The van der Waals surface area contributed by atoms with Crippen molar-refractivity contribution in [2.24, 2.45) is 5.92 Å². The maximum absolute atomic E-state index is 11.9. The fourth-order valence-electron chi connectivity index (χ4n) is 2.19. The van der Waals surface area contributed by atoms with Gasteiger partial charge in [0, 0.05) is 18.5 Å². The minimum atomic E-state index is -0.657. The van der Waals surface area contributed by atoms with Gasteiger partial charge in [0.15, 0.2) is 0 Å². The van der Waals surface area contributed by atoms with Crippen LogP contribution >= 0.6 is 0 Å². The van der Waals surface area contributed by atoms with Gasteiger partial charge in [-0.1, -0.05) is 31.5 Å². The van der Waals surface area contributed by atoms with Crippen LogP contribution in [0.4, 0.5) is 0 Å². The first-order valence-electron chi connectivity index (χ1n) is 8.05. The van der Waals surface area contributed by atoms with Crippen LogP contribution in [0.15, 0.2) is 24.3 Å². The van der Waals surface area contributed by atoms with Crippen molar-refractivity contribution < 1.29 is 19.1 Å². The summed E-state index contributed by atoms with van der Waals surface area (Å²) in [6.45, 7) is 6.07. The smallest absolute Gasteiger partial charge is 0.328 e. The second-order valence-corrected chi connectivity index (χ2v) is 6.14. The number of ether oxygens (including phenoxy) is 1. The Hall–Kier alpha value is -2.37. The Morgan fingerprint density at radius 2 is 1.75 bits per heavy atom. The van der Waals surface area contributed by atoms with Gasteiger partial charge in [-0.05, 0) is 31.4 Å². The fourth-order valence-corrected chi connectivity index (χ4v) is 2.19. The van der Waals surface area contributed by atoms with Crippen molar-refractivity contribution >= 4 is 17.8 Å². The monoisotopic (exact) mass is 334 g/mol. The molecule has 0 bridgehead atoms. The predicted octanol–water partition coefficient (Wildman–Crippen LogP) is 1.82. The summed E-state index contributed by atoms with van der Waals surface area (Å²) in [7, 11) is 1.30. The van der Waals surface area contributed by atoms with E-state index in [1.807, 2.05) is 32.9 Å². The van der Waals surface area contributed by atoms with Gasteiger partial charge in [-0.3, -0.25) is 9.59 Å².